The predicted octanol–water partition coefficient (Wildman–Crippen LogP) is 3.99. The number of hydrogen-bond acceptors (Lipinski definition) is 3. The van der Waals surface area contributed by atoms with Gasteiger partial charge in [0.15, 0.2) is 0 Å². The van der Waals surface area contributed by atoms with E-state index in [-0.39, 0.29) is 11.8 Å². The highest BCUT2D eigenvalue weighted by Crippen LogP contribution is 2.23. The Hall–Kier alpha value is -2.66. The zero-order chi connectivity index (χ0) is 19.5. The van der Waals surface area contributed by atoms with Crippen LogP contribution in [-0.2, 0) is 24.8 Å². The third-order valence-corrected chi connectivity index (χ3v) is 5.78. The molecule has 0 bridgehead atoms. The molecule has 5 heteroatoms. The summed E-state index contributed by atoms with van der Waals surface area (Å²) in [5, 5.41) is 3.16. The van der Waals surface area contributed by atoms with Crippen molar-refractivity contribution in [3.8, 4) is 0 Å². The van der Waals surface area contributed by atoms with Crippen molar-refractivity contribution in [2.75, 3.05) is 18.4 Å². The molecular weight excluding hydrogens is 348 g/mol. The fourth-order valence-electron chi connectivity index (χ4n) is 4.14. The van der Waals surface area contributed by atoms with Crippen molar-refractivity contribution in [2.24, 2.45) is 13.0 Å². The molecule has 146 valence electrons. The van der Waals surface area contributed by atoms with Gasteiger partial charge in [-0.05, 0) is 49.6 Å². The lowest BCUT2D eigenvalue weighted by Gasteiger charge is -2.31. The average molecular weight is 377 g/mol. The Bertz CT molecular complexity index is 978. The van der Waals surface area contributed by atoms with Crippen molar-refractivity contribution in [2.45, 2.75) is 32.7 Å². The first-order valence-corrected chi connectivity index (χ1v) is 10.2. The first kappa shape index (κ1) is 18.7. The van der Waals surface area contributed by atoms with Crippen LogP contribution in [0.25, 0.3) is 11.0 Å². The van der Waals surface area contributed by atoms with E-state index in [1.165, 1.54) is 5.56 Å². The first-order chi connectivity index (χ1) is 13.7. The van der Waals surface area contributed by atoms with E-state index in [0.717, 1.165) is 61.4 Å². The van der Waals surface area contributed by atoms with Crippen LogP contribution in [-0.4, -0.2) is 33.4 Å². The van der Waals surface area contributed by atoms with Crippen LogP contribution < -0.4 is 5.32 Å². The summed E-state index contributed by atoms with van der Waals surface area (Å²) in [5.74, 6) is 1.21. The number of benzene rings is 2. The average Bonchev–Trinajstić information content (AvgIpc) is 3.04. The maximum Gasteiger partial charge on any atom is 0.228 e. The van der Waals surface area contributed by atoms with Gasteiger partial charge in [-0.25, -0.2) is 4.98 Å². The lowest BCUT2D eigenvalue weighted by Crippen LogP contribution is -2.40. The fraction of sp³-hybridized carbons (Fsp3) is 0.391. The summed E-state index contributed by atoms with van der Waals surface area (Å²) in [4.78, 5) is 20.0. The van der Waals surface area contributed by atoms with Crippen molar-refractivity contribution in [3.05, 3.63) is 59.9 Å². The van der Waals surface area contributed by atoms with Crippen molar-refractivity contribution in [3.63, 3.8) is 0 Å². The van der Waals surface area contributed by atoms with Gasteiger partial charge < -0.3 is 9.88 Å². The molecule has 0 radical (unpaired) electrons. The molecule has 1 aliphatic rings. The van der Waals surface area contributed by atoms with Crippen molar-refractivity contribution in [1.82, 2.24) is 14.5 Å². The normalized spacial score (nSPS) is 17.7. The number of piperidine rings is 1. The molecule has 0 saturated carbocycles. The van der Waals surface area contributed by atoms with E-state index in [1.807, 2.05) is 30.3 Å². The highest BCUT2D eigenvalue weighted by molar-refractivity contribution is 5.93. The lowest BCUT2D eigenvalue weighted by atomic mass is 9.96. The number of para-hydroxylation sites is 3. The summed E-state index contributed by atoms with van der Waals surface area (Å²) >= 11 is 0. The number of aromatic nitrogens is 2. The number of rotatable bonds is 5. The number of imidazole rings is 1. The largest absolute Gasteiger partial charge is 0.330 e. The van der Waals surface area contributed by atoms with Gasteiger partial charge in [-0.3, -0.25) is 9.69 Å². The topological polar surface area (TPSA) is 50.2 Å². The van der Waals surface area contributed by atoms with Crippen LogP contribution in [0.1, 0.15) is 31.2 Å². The zero-order valence-electron chi connectivity index (χ0n) is 16.7. The van der Waals surface area contributed by atoms with Crippen LogP contribution in [0, 0.1) is 5.92 Å². The lowest BCUT2D eigenvalue weighted by molar-refractivity contribution is -0.121. The molecular formula is C23H28N4O. The maximum atomic E-state index is 12.9. The van der Waals surface area contributed by atoms with Gasteiger partial charge in [-0.2, -0.15) is 0 Å². The number of anilines is 1. The van der Waals surface area contributed by atoms with E-state index < -0.39 is 0 Å². The maximum absolute atomic E-state index is 12.9. The Balaban J connectivity index is 1.43. The summed E-state index contributed by atoms with van der Waals surface area (Å²) in [6.45, 7) is 4.69. The van der Waals surface area contributed by atoms with Crippen LogP contribution in [0.2, 0.25) is 0 Å². The minimum atomic E-state index is 0.0216. The second kappa shape index (κ2) is 8.15. The van der Waals surface area contributed by atoms with E-state index in [2.05, 4.69) is 47.0 Å². The van der Waals surface area contributed by atoms with Crippen molar-refractivity contribution in [1.29, 1.82) is 0 Å². The molecule has 1 amide bonds. The molecule has 5 nitrogen and oxygen atoms in total. The molecule has 1 aliphatic heterocycles. The Labute approximate surface area is 166 Å². The molecule has 1 aromatic heterocycles. The van der Waals surface area contributed by atoms with Crippen LogP contribution >= 0.6 is 0 Å². The van der Waals surface area contributed by atoms with Crippen LogP contribution in [0.4, 0.5) is 5.69 Å². The summed E-state index contributed by atoms with van der Waals surface area (Å²) in [6, 6.07) is 16.3. The smallest absolute Gasteiger partial charge is 0.228 e. The van der Waals surface area contributed by atoms with Crippen molar-refractivity contribution >= 4 is 22.6 Å². The zero-order valence-corrected chi connectivity index (χ0v) is 16.7. The molecule has 0 unspecified atom stereocenters. The number of amides is 1. The molecule has 1 fully saturated rings. The van der Waals surface area contributed by atoms with Gasteiger partial charge >= 0.3 is 0 Å². The van der Waals surface area contributed by atoms with E-state index in [1.54, 1.807) is 0 Å². The minimum Gasteiger partial charge on any atom is -0.330 e. The minimum absolute atomic E-state index is 0.0216. The standard InChI is InChI=1S/C23H28N4O/c1-3-17-9-4-5-11-19(17)25-23(28)18-10-8-14-27(15-18)16-22-24-20-12-6-7-13-21(20)26(22)2/h4-7,9,11-13,18H,3,8,10,14-16H2,1-2H3,(H,25,28)/t18-/m0/s1. The molecule has 1 saturated heterocycles. The first-order valence-electron chi connectivity index (χ1n) is 10.2. The number of nitrogens with one attached hydrogen (secondary N) is 1. The Morgan fingerprint density at radius 1 is 1.18 bits per heavy atom. The summed E-state index contributed by atoms with van der Waals surface area (Å²) in [6.07, 6.45) is 2.90. The Morgan fingerprint density at radius 2 is 1.96 bits per heavy atom. The highest BCUT2D eigenvalue weighted by Gasteiger charge is 2.27. The molecule has 28 heavy (non-hydrogen) atoms. The number of carbonyl (C=O) groups excluding carboxylic acids is 1. The van der Waals surface area contributed by atoms with Gasteiger partial charge in [-0.1, -0.05) is 37.3 Å². The highest BCUT2D eigenvalue weighted by atomic mass is 16.1. The number of hydrogen-bond donors (Lipinski definition) is 1. The molecule has 2 heterocycles. The number of carbonyl (C=O) groups is 1. The quantitative estimate of drug-likeness (QED) is 0.733. The predicted molar refractivity (Wildman–Crippen MR) is 113 cm³/mol. The molecule has 3 aromatic rings. The van der Waals surface area contributed by atoms with Gasteiger partial charge in [0.2, 0.25) is 5.91 Å². The van der Waals surface area contributed by atoms with E-state index in [9.17, 15) is 4.79 Å². The van der Waals surface area contributed by atoms with Crippen LogP contribution in [0.15, 0.2) is 48.5 Å². The van der Waals surface area contributed by atoms with Gasteiger partial charge in [-0.15, -0.1) is 0 Å². The monoisotopic (exact) mass is 376 g/mol. The fourth-order valence-corrected chi connectivity index (χ4v) is 4.14. The van der Waals surface area contributed by atoms with Crippen LogP contribution in [0.3, 0.4) is 0 Å². The van der Waals surface area contributed by atoms with Gasteiger partial charge in [0.05, 0.1) is 23.5 Å². The van der Waals surface area contributed by atoms with Gasteiger partial charge in [0.25, 0.3) is 0 Å². The second-order valence-corrected chi connectivity index (χ2v) is 7.65. The van der Waals surface area contributed by atoms with E-state index in [0.29, 0.717) is 0 Å². The van der Waals surface area contributed by atoms with Gasteiger partial charge in [0.1, 0.15) is 5.82 Å². The van der Waals surface area contributed by atoms with E-state index in [4.69, 9.17) is 4.98 Å². The SMILES string of the molecule is CCc1ccccc1NC(=O)[C@H]1CCCN(Cc2nc3ccccc3n2C)C1. The van der Waals surface area contributed by atoms with Crippen molar-refractivity contribution < 1.29 is 4.79 Å². The summed E-state index contributed by atoms with van der Waals surface area (Å²) in [7, 11) is 2.07. The summed E-state index contributed by atoms with van der Waals surface area (Å²) < 4.78 is 2.16. The molecule has 0 aliphatic carbocycles. The van der Waals surface area contributed by atoms with Gasteiger partial charge in [0, 0.05) is 19.3 Å². The number of likely N-dealkylation sites (tertiary alicyclic amines) is 1. The number of fused-ring (bicyclic) bond motifs is 1. The molecule has 1 N–H and O–H groups in total. The van der Waals surface area contributed by atoms with Crippen LogP contribution in [0.5, 0.6) is 0 Å². The Morgan fingerprint density at radius 3 is 2.79 bits per heavy atom. The third-order valence-electron chi connectivity index (χ3n) is 5.78. The molecule has 0 spiro atoms. The third kappa shape index (κ3) is 3.80. The summed E-state index contributed by atoms with van der Waals surface area (Å²) in [5.41, 5.74) is 4.31. The van der Waals surface area contributed by atoms with E-state index >= 15 is 0 Å². The molecule has 4 rings (SSSR count). The molecule has 1 atom stereocenters. The number of nitrogens with zero attached hydrogens (tertiary/aromatic N) is 3. The number of aryl methyl sites for hydroxylation is 2. The molecule has 2 aromatic carbocycles. The Kier molecular flexibility index (Phi) is 5.44. The second-order valence-electron chi connectivity index (χ2n) is 7.65.